The standard InChI is InChI=1S/C19H24N4O2/c24-19(22-10-7-17-3-1-2-8-20-17)5-4-16-6-9-21-18(15-16)23-11-13-25-14-12-23/h1-3,6,8-9,15H,4-5,7,10-14H2,(H,22,24). The molecule has 0 saturated carbocycles. The highest BCUT2D eigenvalue weighted by Gasteiger charge is 2.12. The minimum Gasteiger partial charge on any atom is -0.378 e. The van der Waals surface area contributed by atoms with Gasteiger partial charge in [0.15, 0.2) is 0 Å². The number of rotatable bonds is 7. The van der Waals surface area contributed by atoms with Gasteiger partial charge in [-0.25, -0.2) is 4.98 Å². The van der Waals surface area contributed by atoms with E-state index in [1.54, 1.807) is 6.20 Å². The zero-order valence-corrected chi connectivity index (χ0v) is 14.4. The number of aryl methyl sites for hydroxylation is 1. The number of carbonyl (C=O) groups excluding carboxylic acids is 1. The zero-order valence-electron chi connectivity index (χ0n) is 14.4. The first-order valence-corrected chi connectivity index (χ1v) is 8.75. The lowest BCUT2D eigenvalue weighted by atomic mass is 10.1. The normalized spacial score (nSPS) is 14.3. The van der Waals surface area contributed by atoms with Gasteiger partial charge in [-0.15, -0.1) is 0 Å². The van der Waals surface area contributed by atoms with E-state index in [1.807, 2.05) is 30.5 Å². The predicted octanol–water partition coefficient (Wildman–Crippen LogP) is 1.60. The molecule has 0 aromatic carbocycles. The van der Waals surface area contributed by atoms with E-state index in [0.717, 1.165) is 56.2 Å². The molecule has 132 valence electrons. The van der Waals surface area contributed by atoms with E-state index in [2.05, 4.69) is 26.3 Å². The summed E-state index contributed by atoms with van der Waals surface area (Å²) < 4.78 is 5.37. The number of hydrogen-bond donors (Lipinski definition) is 1. The Morgan fingerprint density at radius 3 is 2.80 bits per heavy atom. The number of morpholine rings is 1. The molecule has 1 aliphatic heterocycles. The van der Waals surface area contributed by atoms with Crippen molar-refractivity contribution in [2.75, 3.05) is 37.7 Å². The van der Waals surface area contributed by atoms with Crippen LogP contribution < -0.4 is 10.2 Å². The summed E-state index contributed by atoms with van der Waals surface area (Å²) in [7, 11) is 0. The third-order valence-electron chi connectivity index (χ3n) is 4.22. The van der Waals surface area contributed by atoms with Gasteiger partial charge in [-0.3, -0.25) is 9.78 Å². The molecule has 1 saturated heterocycles. The first-order chi connectivity index (χ1) is 12.3. The number of hydrogen-bond acceptors (Lipinski definition) is 5. The lowest BCUT2D eigenvalue weighted by molar-refractivity contribution is -0.121. The van der Waals surface area contributed by atoms with Crippen LogP contribution in [0.5, 0.6) is 0 Å². The molecule has 6 heteroatoms. The Morgan fingerprint density at radius 1 is 1.12 bits per heavy atom. The zero-order chi connectivity index (χ0) is 17.3. The maximum Gasteiger partial charge on any atom is 0.220 e. The van der Waals surface area contributed by atoms with E-state index in [9.17, 15) is 4.79 Å². The molecule has 1 fully saturated rings. The summed E-state index contributed by atoms with van der Waals surface area (Å²) in [5.74, 6) is 1.04. The van der Waals surface area contributed by atoms with E-state index in [-0.39, 0.29) is 5.91 Å². The molecule has 0 unspecified atom stereocenters. The minimum absolute atomic E-state index is 0.0701. The lowest BCUT2D eigenvalue weighted by Gasteiger charge is -2.28. The Morgan fingerprint density at radius 2 is 2.00 bits per heavy atom. The quantitative estimate of drug-likeness (QED) is 0.829. The molecule has 2 aromatic rings. The molecule has 3 heterocycles. The second-order valence-corrected chi connectivity index (χ2v) is 6.04. The van der Waals surface area contributed by atoms with Crippen molar-refractivity contribution in [3.05, 3.63) is 54.0 Å². The summed E-state index contributed by atoms with van der Waals surface area (Å²) in [6.45, 7) is 3.83. The number of carbonyl (C=O) groups is 1. The Hall–Kier alpha value is -2.47. The summed E-state index contributed by atoms with van der Waals surface area (Å²) >= 11 is 0. The number of nitrogens with zero attached hydrogens (tertiary/aromatic N) is 3. The van der Waals surface area contributed by atoms with Crippen molar-refractivity contribution in [3.63, 3.8) is 0 Å². The van der Waals surface area contributed by atoms with Crippen molar-refractivity contribution in [3.8, 4) is 0 Å². The van der Waals surface area contributed by atoms with Crippen LogP contribution in [-0.4, -0.2) is 48.7 Å². The van der Waals surface area contributed by atoms with Gasteiger partial charge in [0.25, 0.3) is 0 Å². The number of aromatic nitrogens is 2. The molecule has 25 heavy (non-hydrogen) atoms. The summed E-state index contributed by atoms with van der Waals surface area (Å²) in [6.07, 6.45) is 5.54. The van der Waals surface area contributed by atoms with Crippen LogP contribution in [-0.2, 0) is 22.4 Å². The average molecular weight is 340 g/mol. The first-order valence-electron chi connectivity index (χ1n) is 8.75. The summed E-state index contributed by atoms with van der Waals surface area (Å²) in [5.41, 5.74) is 2.13. The molecular formula is C19H24N4O2. The lowest BCUT2D eigenvalue weighted by Crippen LogP contribution is -2.36. The molecule has 1 aliphatic rings. The van der Waals surface area contributed by atoms with E-state index in [4.69, 9.17) is 4.74 Å². The van der Waals surface area contributed by atoms with Crippen LogP contribution in [0.25, 0.3) is 0 Å². The smallest absolute Gasteiger partial charge is 0.220 e. The number of pyridine rings is 2. The maximum absolute atomic E-state index is 12.0. The molecule has 0 atom stereocenters. The van der Waals surface area contributed by atoms with Crippen LogP contribution >= 0.6 is 0 Å². The van der Waals surface area contributed by atoms with Crippen LogP contribution in [0.1, 0.15) is 17.7 Å². The molecule has 1 N–H and O–H groups in total. The highest BCUT2D eigenvalue weighted by molar-refractivity contribution is 5.76. The third-order valence-corrected chi connectivity index (χ3v) is 4.22. The van der Waals surface area contributed by atoms with Crippen LogP contribution in [0.3, 0.4) is 0 Å². The summed E-state index contributed by atoms with van der Waals surface area (Å²) in [6, 6.07) is 9.87. The molecule has 1 amide bonds. The fourth-order valence-electron chi connectivity index (χ4n) is 2.80. The first kappa shape index (κ1) is 17.4. The van der Waals surface area contributed by atoms with E-state index >= 15 is 0 Å². The van der Waals surface area contributed by atoms with Crippen molar-refractivity contribution < 1.29 is 9.53 Å². The van der Waals surface area contributed by atoms with Gasteiger partial charge in [0.1, 0.15) is 5.82 Å². The fourth-order valence-corrected chi connectivity index (χ4v) is 2.80. The Balaban J connectivity index is 1.42. The molecule has 0 aliphatic carbocycles. The third kappa shape index (κ3) is 5.53. The predicted molar refractivity (Wildman–Crippen MR) is 96.5 cm³/mol. The van der Waals surface area contributed by atoms with Crippen LogP contribution in [0.2, 0.25) is 0 Å². The molecular weight excluding hydrogens is 316 g/mol. The van der Waals surface area contributed by atoms with Crippen LogP contribution in [0.15, 0.2) is 42.7 Å². The number of anilines is 1. The molecule has 2 aromatic heterocycles. The highest BCUT2D eigenvalue weighted by Crippen LogP contribution is 2.15. The Bertz CT molecular complexity index is 672. The van der Waals surface area contributed by atoms with Crippen LogP contribution in [0, 0.1) is 0 Å². The molecule has 0 spiro atoms. The van der Waals surface area contributed by atoms with E-state index in [1.165, 1.54) is 0 Å². The maximum atomic E-state index is 12.0. The second kappa shape index (κ2) is 9.13. The van der Waals surface area contributed by atoms with Gasteiger partial charge in [-0.2, -0.15) is 0 Å². The largest absolute Gasteiger partial charge is 0.378 e. The van der Waals surface area contributed by atoms with E-state index < -0.39 is 0 Å². The van der Waals surface area contributed by atoms with Crippen LogP contribution in [0.4, 0.5) is 5.82 Å². The monoisotopic (exact) mass is 340 g/mol. The average Bonchev–Trinajstić information content (AvgIpc) is 2.68. The molecule has 0 radical (unpaired) electrons. The fraction of sp³-hybridized carbons (Fsp3) is 0.421. The van der Waals surface area contributed by atoms with Crippen molar-refractivity contribution in [1.29, 1.82) is 0 Å². The van der Waals surface area contributed by atoms with Gasteiger partial charge in [-0.1, -0.05) is 6.07 Å². The molecule has 3 rings (SSSR count). The Labute approximate surface area is 148 Å². The second-order valence-electron chi connectivity index (χ2n) is 6.04. The van der Waals surface area contributed by atoms with Gasteiger partial charge in [0.2, 0.25) is 5.91 Å². The SMILES string of the molecule is O=C(CCc1ccnc(N2CCOCC2)c1)NCCc1ccccn1. The van der Waals surface area contributed by atoms with Gasteiger partial charge < -0.3 is 15.0 Å². The van der Waals surface area contributed by atoms with Gasteiger partial charge in [0.05, 0.1) is 13.2 Å². The topological polar surface area (TPSA) is 67.4 Å². The summed E-state index contributed by atoms with van der Waals surface area (Å²) in [5, 5.41) is 2.96. The van der Waals surface area contributed by atoms with Crippen molar-refractivity contribution in [2.45, 2.75) is 19.3 Å². The van der Waals surface area contributed by atoms with Gasteiger partial charge in [0, 0.05) is 50.6 Å². The van der Waals surface area contributed by atoms with Gasteiger partial charge >= 0.3 is 0 Å². The van der Waals surface area contributed by atoms with E-state index in [0.29, 0.717) is 13.0 Å². The molecule has 6 nitrogen and oxygen atoms in total. The number of nitrogens with one attached hydrogen (secondary N) is 1. The number of amides is 1. The molecule has 0 bridgehead atoms. The summed E-state index contributed by atoms with van der Waals surface area (Å²) in [4.78, 5) is 22.9. The minimum atomic E-state index is 0.0701. The Kier molecular flexibility index (Phi) is 6.34. The van der Waals surface area contributed by atoms with Gasteiger partial charge in [-0.05, 0) is 36.2 Å². The van der Waals surface area contributed by atoms with Crippen molar-refractivity contribution in [1.82, 2.24) is 15.3 Å². The highest BCUT2D eigenvalue weighted by atomic mass is 16.5. The number of ether oxygens (including phenoxy) is 1. The van der Waals surface area contributed by atoms with Crippen molar-refractivity contribution in [2.24, 2.45) is 0 Å². The van der Waals surface area contributed by atoms with Crippen molar-refractivity contribution >= 4 is 11.7 Å².